The van der Waals surface area contributed by atoms with Gasteiger partial charge in [-0.1, -0.05) is 28.1 Å². The van der Waals surface area contributed by atoms with Crippen LogP contribution in [0.4, 0.5) is 0 Å². The minimum atomic E-state index is -4.67. The second kappa shape index (κ2) is 3.72. The number of hydrogen-bond acceptors (Lipinski definition) is 2. The summed E-state index contributed by atoms with van der Waals surface area (Å²) < 4.78 is 11.0. The van der Waals surface area contributed by atoms with Crippen LogP contribution in [-0.4, -0.2) is 15.3 Å². The highest BCUT2D eigenvalue weighted by molar-refractivity contribution is 9.10. The number of benzene rings is 1. The van der Waals surface area contributed by atoms with Crippen molar-refractivity contribution in [1.82, 2.24) is 0 Å². The lowest BCUT2D eigenvalue weighted by molar-refractivity contribution is 0.104. The molecule has 0 saturated heterocycles. The zero-order valence-electron chi connectivity index (χ0n) is 6.35. The fourth-order valence-electron chi connectivity index (χ4n) is 0.792. The van der Waals surface area contributed by atoms with Crippen molar-refractivity contribution in [1.29, 1.82) is 0 Å². The molecule has 2 N–H and O–H groups in total. The molecule has 13 heavy (non-hydrogen) atoms. The van der Waals surface area contributed by atoms with E-state index in [1.807, 2.05) is 0 Å². The van der Waals surface area contributed by atoms with Crippen molar-refractivity contribution in [3.05, 3.63) is 34.3 Å². The predicted molar refractivity (Wildman–Crippen MR) is 50.5 cm³/mol. The second-order valence-corrected chi connectivity index (χ2v) is 4.68. The quantitative estimate of drug-likeness (QED) is 0.799. The van der Waals surface area contributed by atoms with Crippen molar-refractivity contribution in [2.24, 2.45) is 0 Å². The summed E-state index contributed by atoms with van der Waals surface area (Å²) in [6.07, 6.45) is 0. The number of carbonyl (C=O) groups is 1. The molecule has 0 atom stereocenters. The van der Waals surface area contributed by atoms with Gasteiger partial charge >= 0.3 is 7.60 Å². The van der Waals surface area contributed by atoms with Crippen molar-refractivity contribution < 1.29 is 19.1 Å². The lowest BCUT2D eigenvalue weighted by atomic mass is 10.2. The molecule has 0 amide bonds. The van der Waals surface area contributed by atoms with Gasteiger partial charge in [-0.05, 0) is 12.1 Å². The van der Waals surface area contributed by atoms with Crippen LogP contribution < -0.4 is 0 Å². The molecule has 6 heteroatoms. The molecule has 0 heterocycles. The molecule has 70 valence electrons. The van der Waals surface area contributed by atoms with Crippen molar-refractivity contribution >= 4 is 29.1 Å². The van der Waals surface area contributed by atoms with Gasteiger partial charge in [0.2, 0.25) is 0 Å². The lowest BCUT2D eigenvalue weighted by Crippen LogP contribution is -2.00. The summed E-state index contributed by atoms with van der Waals surface area (Å²) in [6, 6.07) is 6.09. The van der Waals surface area contributed by atoms with E-state index in [-0.39, 0.29) is 5.56 Å². The van der Waals surface area contributed by atoms with E-state index in [0.717, 1.165) is 0 Å². The van der Waals surface area contributed by atoms with Gasteiger partial charge in [0.15, 0.2) is 0 Å². The maximum Gasteiger partial charge on any atom is 0.396 e. The molecule has 1 aromatic rings. The summed E-state index contributed by atoms with van der Waals surface area (Å²) in [5.41, 5.74) is -1.17. The number of hydrogen-bond donors (Lipinski definition) is 2. The minimum absolute atomic E-state index is 0.00386. The van der Waals surface area contributed by atoms with Gasteiger partial charge < -0.3 is 9.79 Å². The molecule has 0 radical (unpaired) electrons. The van der Waals surface area contributed by atoms with E-state index in [4.69, 9.17) is 9.79 Å². The average molecular weight is 265 g/mol. The van der Waals surface area contributed by atoms with Crippen molar-refractivity contribution in [2.75, 3.05) is 0 Å². The molecule has 4 nitrogen and oxygen atoms in total. The molecule has 0 saturated carbocycles. The van der Waals surface area contributed by atoms with E-state index in [0.29, 0.717) is 4.47 Å². The van der Waals surface area contributed by atoms with Gasteiger partial charge in [0.05, 0.1) is 0 Å². The van der Waals surface area contributed by atoms with Crippen LogP contribution in [0, 0.1) is 0 Å². The highest BCUT2D eigenvalue weighted by atomic mass is 79.9. The fourth-order valence-corrected chi connectivity index (χ4v) is 1.92. The molecule has 0 aromatic heterocycles. The molecule has 0 aliphatic carbocycles. The lowest BCUT2D eigenvalue weighted by Gasteiger charge is -2.03. The van der Waals surface area contributed by atoms with E-state index < -0.39 is 13.1 Å². The molecule has 0 unspecified atom stereocenters. The summed E-state index contributed by atoms with van der Waals surface area (Å²) >= 11 is 3.03. The third-order valence-corrected chi connectivity index (χ3v) is 2.83. The smallest absolute Gasteiger partial charge is 0.319 e. The summed E-state index contributed by atoms with van der Waals surface area (Å²) in [7, 11) is -4.67. The zero-order chi connectivity index (χ0) is 10.1. The van der Waals surface area contributed by atoms with Crippen LogP contribution in [0.5, 0.6) is 0 Å². The minimum Gasteiger partial charge on any atom is -0.319 e. The largest absolute Gasteiger partial charge is 0.396 e. The van der Waals surface area contributed by atoms with E-state index in [1.54, 1.807) is 12.1 Å². The Morgan fingerprint density at radius 1 is 1.31 bits per heavy atom. The number of carbonyl (C=O) groups excluding carboxylic acids is 1. The molecule has 1 aromatic carbocycles. The van der Waals surface area contributed by atoms with Gasteiger partial charge in [0.25, 0.3) is 5.52 Å². The van der Waals surface area contributed by atoms with E-state index in [9.17, 15) is 9.36 Å². The molecule has 0 aliphatic rings. The monoisotopic (exact) mass is 264 g/mol. The normalized spacial score (nSPS) is 11.3. The SMILES string of the molecule is O=C(c1ccccc1Br)P(=O)(O)O. The predicted octanol–water partition coefficient (Wildman–Crippen LogP) is 1.77. The second-order valence-electron chi connectivity index (χ2n) is 2.33. The molecule has 1 rings (SSSR count). The van der Waals surface area contributed by atoms with Crippen molar-refractivity contribution in [3.63, 3.8) is 0 Å². The van der Waals surface area contributed by atoms with Crippen molar-refractivity contribution in [3.8, 4) is 0 Å². The molecule has 0 aliphatic heterocycles. The standard InChI is InChI=1S/C7H6BrO4P/c8-6-4-2-1-3-5(6)7(9)13(10,11)12/h1-4H,(H2,10,11,12). The topological polar surface area (TPSA) is 74.6 Å². The van der Waals surface area contributed by atoms with Gasteiger partial charge in [-0.2, -0.15) is 0 Å². The molecular formula is C7H6BrO4P. The third kappa shape index (κ3) is 2.48. The molecule has 0 fully saturated rings. The average Bonchev–Trinajstić information content (AvgIpc) is 2.02. The zero-order valence-corrected chi connectivity index (χ0v) is 8.83. The van der Waals surface area contributed by atoms with E-state index in [1.165, 1.54) is 12.1 Å². The Morgan fingerprint density at radius 3 is 2.31 bits per heavy atom. The molecule has 0 bridgehead atoms. The highest BCUT2D eigenvalue weighted by Crippen LogP contribution is 2.40. The maximum atomic E-state index is 11.1. The Kier molecular flexibility index (Phi) is 3.03. The Labute approximate surface area is 82.9 Å². The van der Waals surface area contributed by atoms with Crippen molar-refractivity contribution in [2.45, 2.75) is 0 Å². The first-order chi connectivity index (χ1) is 5.93. The van der Waals surface area contributed by atoms with Crippen LogP contribution >= 0.6 is 23.5 Å². The van der Waals surface area contributed by atoms with Gasteiger partial charge in [0.1, 0.15) is 0 Å². The highest BCUT2D eigenvalue weighted by Gasteiger charge is 2.28. The van der Waals surface area contributed by atoms with E-state index >= 15 is 0 Å². The van der Waals surface area contributed by atoms with Crippen LogP contribution in [0.2, 0.25) is 0 Å². The first-order valence-corrected chi connectivity index (χ1v) is 5.68. The fraction of sp³-hybridized carbons (Fsp3) is 0. The number of rotatable bonds is 2. The summed E-state index contributed by atoms with van der Waals surface area (Å²) in [5, 5.41) is 0. The van der Waals surface area contributed by atoms with Gasteiger partial charge in [-0.25, -0.2) is 0 Å². The molecule has 0 spiro atoms. The van der Waals surface area contributed by atoms with E-state index in [2.05, 4.69) is 15.9 Å². The van der Waals surface area contributed by atoms with Gasteiger partial charge in [-0.3, -0.25) is 9.36 Å². The molecular weight excluding hydrogens is 259 g/mol. The summed E-state index contributed by atoms with van der Waals surface area (Å²) in [5.74, 6) is 0. The Hall–Kier alpha value is -0.480. The Morgan fingerprint density at radius 2 is 1.85 bits per heavy atom. The van der Waals surface area contributed by atoms with Crippen LogP contribution in [0.25, 0.3) is 0 Å². The van der Waals surface area contributed by atoms with Crippen LogP contribution in [0.3, 0.4) is 0 Å². The van der Waals surface area contributed by atoms with Crippen LogP contribution in [0.15, 0.2) is 28.7 Å². The Balaban J connectivity index is 3.18. The summed E-state index contributed by atoms with van der Waals surface area (Å²) in [4.78, 5) is 28.3. The van der Waals surface area contributed by atoms with Crippen LogP contribution in [0.1, 0.15) is 10.4 Å². The first-order valence-electron chi connectivity index (χ1n) is 3.28. The van der Waals surface area contributed by atoms with Gasteiger partial charge in [-0.15, -0.1) is 0 Å². The first kappa shape index (κ1) is 10.6. The number of halogens is 1. The van der Waals surface area contributed by atoms with Gasteiger partial charge in [0, 0.05) is 10.0 Å². The third-order valence-electron chi connectivity index (χ3n) is 1.37. The Bertz CT molecular complexity index is 384. The summed E-state index contributed by atoms with van der Waals surface area (Å²) in [6.45, 7) is 0. The maximum absolute atomic E-state index is 11.1. The van der Waals surface area contributed by atoms with Crippen LogP contribution in [-0.2, 0) is 4.57 Å².